The van der Waals surface area contributed by atoms with E-state index in [-0.39, 0.29) is 33.6 Å². The van der Waals surface area contributed by atoms with Gasteiger partial charge < -0.3 is 36.0 Å². The van der Waals surface area contributed by atoms with Crippen molar-refractivity contribution in [3.8, 4) is 11.8 Å². The maximum Gasteiger partial charge on any atom is 0.278 e. The van der Waals surface area contributed by atoms with E-state index in [2.05, 4.69) is 4.99 Å². The van der Waals surface area contributed by atoms with Crippen molar-refractivity contribution >= 4 is 11.7 Å². The van der Waals surface area contributed by atoms with Gasteiger partial charge in [-0.3, -0.25) is 4.79 Å². The lowest BCUT2D eigenvalue weighted by Gasteiger charge is -2.34. The molecule has 0 aliphatic heterocycles. The molecule has 0 spiro atoms. The Labute approximate surface area is 184 Å². The van der Waals surface area contributed by atoms with Crippen molar-refractivity contribution in [3.05, 3.63) is 64.2 Å². The number of amides is 1. The Bertz CT molecular complexity index is 1100. The predicted octanol–water partition coefficient (Wildman–Crippen LogP) is 0.358. The van der Waals surface area contributed by atoms with Gasteiger partial charge in [0.15, 0.2) is 0 Å². The summed E-state index contributed by atoms with van der Waals surface area (Å²) in [7, 11) is 0. The minimum atomic E-state index is -3.12. The number of hydrogen-bond donors (Lipinski definition) is 6. The van der Waals surface area contributed by atoms with Crippen LogP contribution in [0.1, 0.15) is 53.4 Å². The van der Waals surface area contributed by atoms with Gasteiger partial charge in [-0.15, -0.1) is 0 Å². The summed E-state index contributed by atoms with van der Waals surface area (Å²) < 4.78 is 5.27. The minimum Gasteiger partial charge on any atom is -0.462 e. The number of carbonyl (C=O) groups is 1. The first-order valence-corrected chi connectivity index (χ1v) is 9.42. The minimum absolute atomic E-state index is 0.0183. The number of carbonyl (C=O) groups excluding carboxylic acids is 1. The molecule has 170 valence electrons. The van der Waals surface area contributed by atoms with E-state index >= 15 is 0 Å². The molecule has 10 heteroatoms. The third-order valence-corrected chi connectivity index (χ3v) is 4.49. The molecule has 0 aliphatic carbocycles. The predicted molar refractivity (Wildman–Crippen MR) is 113 cm³/mol. The fourth-order valence-electron chi connectivity index (χ4n) is 2.92. The third kappa shape index (κ3) is 5.28. The fraction of sp³-hybridized carbons (Fsp3) is 0.318. The average Bonchev–Trinajstić information content (AvgIpc) is 2.65. The molecule has 0 aliphatic rings. The van der Waals surface area contributed by atoms with E-state index in [1.165, 1.54) is 57.2 Å². The van der Waals surface area contributed by atoms with Crippen LogP contribution in [0.3, 0.4) is 0 Å². The van der Waals surface area contributed by atoms with Gasteiger partial charge in [0.05, 0.1) is 5.56 Å². The second-order valence-corrected chi connectivity index (χ2v) is 7.86. The maximum absolute atomic E-state index is 12.6. The molecule has 0 heterocycles. The van der Waals surface area contributed by atoms with E-state index in [9.17, 15) is 35.6 Å². The maximum atomic E-state index is 12.6. The summed E-state index contributed by atoms with van der Waals surface area (Å²) in [6.07, 6.45) is 0. The van der Waals surface area contributed by atoms with Crippen molar-refractivity contribution < 1.29 is 35.1 Å². The summed E-state index contributed by atoms with van der Waals surface area (Å²) in [5, 5.41) is 59.4. The van der Waals surface area contributed by atoms with Crippen LogP contribution in [0.2, 0.25) is 0 Å². The number of ether oxygens (including phenoxy) is 1. The third-order valence-electron chi connectivity index (χ3n) is 4.49. The van der Waals surface area contributed by atoms with E-state index in [1.54, 1.807) is 0 Å². The Morgan fingerprint density at radius 3 is 2.25 bits per heavy atom. The second kappa shape index (κ2) is 8.66. The highest BCUT2D eigenvalue weighted by molar-refractivity contribution is 6.09. The number of hydrogen-bond acceptors (Lipinski definition) is 8. The highest BCUT2D eigenvalue weighted by Gasteiger charge is 2.47. The lowest BCUT2D eigenvalue weighted by atomic mass is 9.89. The molecule has 0 saturated carbocycles. The van der Waals surface area contributed by atoms with Crippen LogP contribution >= 0.6 is 0 Å². The number of nitriles is 1. The Kier molecular flexibility index (Phi) is 6.75. The van der Waals surface area contributed by atoms with Gasteiger partial charge in [0.25, 0.3) is 5.91 Å². The van der Waals surface area contributed by atoms with Gasteiger partial charge in [-0.2, -0.15) is 10.3 Å². The highest BCUT2D eigenvalue weighted by atomic mass is 16.6. The van der Waals surface area contributed by atoms with E-state index in [0.29, 0.717) is 0 Å². The molecule has 0 fully saturated rings. The summed E-state index contributed by atoms with van der Waals surface area (Å²) in [6, 6.07) is 10.0. The largest absolute Gasteiger partial charge is 0.462 e. The SMILES string of the molecule is Cc1cccc(C(N)=NC(=O)c2ccc(OC(C)(C)O)c(C#N)c2)c1C(O)(O)C(C)(O)O. The van der Waals surface area contributed by atoms with Crippen molar-refractivity contribution in [1.29, 1.82) is 5.26 Å². The van der Waals surface area contributed by atoms with Crippen LogP contribution in [0.15, 0.2) is 41.4 Å². The van der Waals surface area contributed by atoms with Gasteiger partial charge in [-0.05, 0) is 37.6 Å². The summed E-state index contributed by atoms with van der Waals surface area (Å²) in [5.41, 5.74) is 5.73. The molecule has 1 amide bonds. The van der Waals surface area contributed by atoms with Crippen molar-refractivity contribution in [2.24, 2.45) is 10.7 Å². The molecule has 32 heavy (non-hydrogen) atoms. The van der Waals surface area contributed by atoms with Crippen LogP contribution in [-0.2, 0) is 5.79 Å². The molecule has 0 saturated heterocycles. The number of rotatable bonds is 6. The number of nitrogens with zero attached hydrogens (tertiary/aromatic N) is 2. The van der Waals surface area contributed by atoms with Crippen molar-refractivity contribution in [2.45, 2.75) is 45.1 Å². The Hall–Kier alpha value is -3.33. The summed E-state index contributed by atoms with van der Waals surface area (Å²) in [5.74, 6) is -8.82. The fourth-order valence-corrected chi connectivity index (χ4v) is 2.92. The molecule has 2 aromatic rings. The van der Waals surface area contributed by atoms with Gasteiger partial charge in [0.1, 0.15) is 17.7 Å². The van der Waals surface area contributed by atoms with E-state index in [1.807, 2.05) is 6.07 Å². The topological polar surface area (TPSA) is 190 Å². The van der Waals surface area contributed by atoms with Crippen LogP contribution in [-0.4, -0.2) is 48.8 Å². The number of aliphatic imine (C=N–C) groups is 1. The molecule has 2 rings (SSSR count). The van der Waals surface area contributed by atoms with Crippen molar-refractivity contribution in [3.63, 3.8) is 0 Å². The lowest BCUT2D eigenvalue weighted by molar-refractivity contribution is -0.357. The summed E-state index contributed by atoms with van der Waals surface area (Å²) in [6.45, 7) is 5.03. The normalized spacial score (nSPS) is 12.9. The van der Waals surface area contributed by atoms with Gasteiger partial charge in [0, 0.05) is 30.5 Å². The molecule has 0 atom stereocenters. The molecule has 0 bridgehead atoms. The standard InChI is InChI=1S/C22H25N3O7/c1-12-6-5-7-15(17(12)22(30,31)21(4,28)29)18(24)25-19(26)13-8-9-16(14(10-13)11-23)32-20(2,3)27/h5-10,27-31H,1-4H3,(H2,24,25,26). The molecule has 0 unspecified atom stereocenters. The Morgan fingerprint density at radius 1 is 1.09 bits per heavy atom. The second-order valence-electron chi connectivity index (χ2n) is 7.86. The van der Waals surface area contributed by atoms with Crippen LogP contribution in [0.4, 0.5) is 0 Å². The first kappa shape index (κ1) is 24.9. The summed E-state index contributed by atoms with van der Waals surface area (Å²) >= 11 is 0. The first-order valence-electron chi connectivity index (χ1n) is 9.42. The zero-order valence-corrected chi connectivity index (χ0v) is 18.0. The van der Waals surface area contributed by atoms with Crippen LogP contribution in [0, 0.1) is 18.3 Å². The van der Waals surface area contributed by atoms with Crippen molar-refractivity contribution in [2.75, 3.05) is 0 Å². The average molecular weight is 443 g/mol. The van der Waals surface area contributed by atoms with Crippen molar-refractivity contribution in [1.82, 2.24) is 0 Å². The van der Waals surface area contributed by atoms with E-state index in [0.717, 1.165) is 6.92 Å². The van der Waals surface area contributed by atoms with Gasteiger partial charge >= 0.3 is 0 Å². The van der Waals surface area contributed by atoms with E-state index < -0.39 is 29.1 Å². The first-order chi connectivity index (χ1) is 14.6. The molecular formula is C22H25N3O7. The number of amidine groups is 1. The van der Waals surface area contributed by atoms with Crippen LogP contribution in [0.5, 0.6) is 5.75 Å². The van der Waals surface area contributed by atoms with Gasteiger partial charge in [-0.1, -0.05) is 18.2 Å². The number of aryl methyl sites for hydroxylation is 1. The van der Waals surface area contributed by atoms with Crippen LogP contribution < -0.4 is 10.5 Å². The smallest absolute Gasteiger partial charge is 0.278 e. The number of aliphatic hydroxyl groups is 5. The lowest BCUT2D eigenvalue weighted by Crippen LogP contribution is -2.51. The van der Waals surface area contributed by atoms with Gasteiger partial charge in [-0.25, -0.2) is 0 Å². The summed E-state index contributed by atoms with van der Waals surface area (Å²) in [4.78, 5) is 16.4. The molecule has 7 N–H and O–H groups in total. The van der Waals surface area contributed by atoms with Gasteiger partial charge in [0.2, 0.25) is 17.4 Å². The molecule has 10 nitrogen and oxygen atoms in total. The Balaban J connectivity index is 2.51. The highest BCUT2D eigenvalue weighted by Crippen LogP contribution is 2.33. The molecule has 0 radical (unpaired) electrons. The zero-order valence-electron chi connectivity index (χ0n) is 18.0. The quantitative estimate of drug-likeness (QED) is 0.208. The molecule has 0 aromatic heterocycles. The Morgan fingerprint density at radius 2 is 1.72 bits per heavy atom. The monoisotopic (exact) mass is 443 g/mol. The molecule has 2 aromatic carbocycles. The zero-order chi connectivity index (χ0) is 24.5. The number of nitrogens with two attached hydrogens (primary N) is 1. The van der Waals surface area contributed by atoms with Crippen LogP contribution in [0.25, 0.3) is 0 Å². The molecular weight excluding hydrogens is 418 g/mol. The van der Waals surface area contributed by atoms with E-state index in [4.69, 9.17) is 10.5 Å². The number of benzene rings is 2.